The van der Waals surface area contributed by atoms with Gasteiger partial charge in [0.15, 0.2) is 17.2 Å². The molecule has 3 heterocycles. The summed E-state index contributed by atoms with van der Waals surface area (Å²) in [6.45, 7) is 2.39. The minimum Gasteiger partial charge on any atom is -0.493 e. The standard InChI is InChI=1S/C16H18N4O4S/c21-15-14(19-20-16(25)17-8-9-2-1-3-22-9)10-6-12-13(7-11(10)18-15)24-5-4-23-12/h6-7,9,18,21H,1-5,8H2,(H,17,25)/t9-/m0/s1. The summed E-state index contributed by atoms with van der Waals surface area (Å²) in [4.78, 5) is 2.86. The number of fused-ring (bicyclic) bond motifs is 2. The van der Waals surface area contributed by atoms with E-state index >= 15 is 0 Å². The van der Waals surface area contributed by atoms with E-state index in [0.717, 1.165) is 19.4 Å². The molecule has 0 saturated carbocycles. The minimum atomic E-state index is -0.0805. The lowest BCUT2D eigenvalue weighted by Gasteiger charge is -2.18. The van der Waals surface area contributed by atoms with Crippen LogP contribution >= 0.6 is 12.2 Å². The van der Waals surface area contributed by atoms with Crippen LogP contribution in [-0.4, -0.2) is 47.7 Å². The first-order chi connectivity index (χ1) is 12.2. The number of benzene rings is 1. The van der Waals surface area contributed by atoms with Gasteiger partial charge in [0.25, 0.3) is 0 Å². The molecule has 1 aromatic heterocycles. The molecule has 0 aliphatic carbocycles. The van der Waals surface area contributed by atoms with Crippen molar-refractivity contribution in [3.05, 3.63) is 12.1 Å². The van der Waals surface area contributed by atoms with Crippen LogP contribution in [0.5, 0.6) is 17.4 Å². The number of rotatable bonds is 3. The molecule has 0 amide bonds. The van der Waals surface area contributed by atoms with Crippen molar-refractivity contribution < 1.29 is 19.3 Å². The maximum atomic E-state index is 10.1. The fraction of sp³-hybridized carbons (Fsp3) is 0.438. The molecular weight excluding hydrogens is 344 g/mol. The Balaban J connectivity index is 1.51. The number of ether oxygens (including phenoxy) is 3. The van der Waals surface area contributed by atoms with Crippen LogP contribution < -0.4 is 14.8 Å². The van der Waals surface area contributed by atoms with Gasteiger partial charge in [0.1, 0.15) is 13.2 Å². The lowest BCUT2D eigenvalue weighted by molar-refractivity contribution is 0.114. The largest absolute Gasteiger partial charge is 0.493 e. The molecule has 0 bridgehead atoms. The third-order valence-electron chi connectivity index (χ3n) is 4.16. The fourth-order valence-electron chi connectivity index (χ4n) is 2.94. The summed E-state index contributed by atoms with van der Waals surface area (Å²) in [7, 11) is 0. The Kier molecular flexibility index (Phi) is 4.41. The molecule has 0 radical (unpaired) electrons. The monoisotopic (exact) mass is 362 g/mol. The van der Waals surface area contributed by atoms with Gasteiger partial charge in [0.05, 0.1) is 11.6 Å². The third kappa shape index (κ3) is 3.38. The van der Waals surface area contributed by atoms with E-state index in [1.54, 1.807) is 12.1 Å². The molecule has 2 aromatic rings. The van der Waals surface area contributed by atoms with E-state index in [1.807, 2.05) is 0 Å². The van der Waals surface area contributed by atoms with Gasteiger partial charge in [0, 0.05) is 24.6 Å². The highest BCUT2D eigenvalue weighted by atomic mass is 32.1. The Hall–Kier alpha value is -2.39. The lowest BCUT2D eigenvalue weighted by Crippen LogP contribution is -2.29. The molecule has 1 atom stereocenters. The second-order valence-electron chi connectivity index (χ2n) is 5.88. The Morgan fingerprint density at radius 3 is 2.84 bits per heavy atom. The van der Waals surface area contributed by atoms with Crippen molar-refractivity contribution in [2.45, 2.75) is 18.9 Å². The van der Waals surface area contributed by atoms with Crippen LogP contribution in [0.3, 0.4) is 0 Å². The van der Waals surface area contributed by atoms with E-state index in [4.69, 9.17) is 26.4 Å². The zero-order valence-electron chi connectivity index (χ0n) is 13.4. The number of nitrogens with zero attached hydrogens (tertiary/aromatic N) is 2. The molecule has 2 aliphatic heterocycles. The van der Waals surface area contributed by atoms with Gasteiger partial charge >= 0.3 is 0 Å². The average Bonchev–Trinajstić information content (AvgIpc) is 3.23. The van der Waals surface area contributed by atoms with Crippen molar-refractivity contribution >= 4 is 33.9 Å². The number of azo groups is 1. The van der Waals surface area contributed by atoms with E-state index in [9.17, 15) is 5.11 Å². The molecule has 0 unspecified atom stereocenters. The summed E-state index contributed by atoms with van der Waals surface area (Å²) in [6.07, 6.45) is 2.25. The van der Waals surface area contributed by atoms with E-state index in [1.165, 1.54) is 0 Å². The summed E-state index contributed by atoms with van der Waals surface area (Å²) >= 11 is 5.16. The Morgan fingerprint density at radius 1 is 1.28 bits per heavy atom. The minimum absolute atomic E-state index is 0.0805. The number of nitrogens with one attached hydrogen (secondary N) is 2. The second kappa shape index (κ2) is 6.85. The normalized spacial score (nSPS) is 19.6. The zero-order chi connectivity index (χ0) is 17.2. The van der Waals surface area contributed by atoms with Gasteiger partial charge < -0.3 is 29.6 Å². The van der Waals surface area contributed by atoms with E-state index < -0.39 is 0 Å². The lowest BCUT2D eigenvalue weighted by atomic mass is 10.2. The van der Waals surface area contributed by atoms with Gasteiger partial charge in [-0.2, -0.15) is 0 Å². The molecule has 9 heteroatoms. The maximum absolute atomic E-state index is 10.1. The van der Waals surface area contributed by atoms with Gasteiger partial charge in [-0.3, -0.25) is 0 Å². The first-order valence-corrected chi connectivity index (χ1v) is 8.57. The molecule has 3 N–H and O–H groups in total. The van der Waals surface area contributed by atoms with Crippen molar-refractivity contribution in [2.75, 3.05) is 26.4 Å². The molecule has 132 valence electrons. The Labute approximate surface area is 149 Å². The van der Waals surface area contributed by atoms with Crippen LogP contribution in [0.25, 0.3) is 10.9 Å². The van der Waals surface area contributed by atoms with Gasteiger partial charge in [0.2, 0.25) is 11.0 Å². The van der Waals surface area contributed by atoms with Crippen LogP contribution in [0.4, 0.5) is 5.69 Å². The molecule has 1 fully saturated rings. The van der Waals surface area contributed by atoms with Gasteiger partial charge in [-0.1, -0.05) is 0 Å². The van der Waals surface area contributed by atoms with Gasteiger partial charge in [-0.05, 0) is 31.1 Å². The van der Waals surface area contributed by atoms with Crippen molar-refractivity contribution in [3.8, 4) is 17.4 Å². The Morgan fingerprint density at radius 2 is 2.08 bits per heavy atom. The van der Waals surface area contributed by atoms with E-state index in [2.05, 4.69) is 20.5 Å². The van der Waals surface area contributed by atoms with Crippen molar-refractivity contribution in [1.29, 1.82) is 0 Å². The molecule has 4 rings (SSSR count). The molecule has 8 nitrogen and oxygen atoms in total. The van der Waals surface area contributed by atoms with Gasteiger partial charge in [-0.25, -0.2) is 0 Å². The predicted octanol–water partition coefficient (Wildman–Crippen LogP) is 2.78. The van der Waals surface area contributed by atoms with E-state index in [-0.39, 0.29) is 17.1 Å². The molecule has 25 heavy (non-hydrogen) atoms. The summed E-state index contributed by atoms with van der Waals surface area (Å²) in [6, 6.07) is 3.55. The summed E-state index contributed by atoms with van der Waals surface area (Å²) in [5, 5.41) is 22.2. The first-order valence-electron chi connectivity index (χ1n) is 8.16. The number of aromatic nitrogens is 1. The summed E-state index contributed by atoms with van der Waals surface area (Å²) in [5.41, 5.74) is 1.00. The van der Waals surface area contributed by atoms with Crippen LogP contribution in [0.2, 0.25) is 0 Å². The number of aromatic hydroxyl groups is 1. The topological polar surface area (TPSA) is 100 Å². The average molecular weight is 362 g/mol. The van der Waals surface area contributed by atoms with Crippen LogP contribution in [-0.2, 0) is 4.74 Å². The van der Waals surface area contributed by atoms with Crippen LogP contribution in [0.1, 0.15) is 12.8 Å². The number of hydrogen-bond acceptors (Lipinski definition) is 6. The predicted molar refractivity (Wildman–Crippen MR) is 95.0 cm³/mol. The van der Waals surface area contributed by atoms with Crippen LogP contribution in [0.15, 0.2) is 22.4 Å². The number of thiocarbonyl (C=S) groups is 1. The van der Waals surface area contributed by atoms with Crippen LogP contribution in [0, 0.1) is 0 Å². The number of aromatic amines is 1. The SMILES string of the molecule is Oc1[nH]c2cc3c(cc2c1N=NC(=S)NC[C@@H]1CCCO1)OCCO3. The number of hydrogen-bond donors (Lipinski definition) is 3. The second-order valence-corrected chi connectivity index (χ2v) is 6.27. The molecule has 1 saturated heterocycles. The smallest absolute Gasteiger partial charge is 0.218 e. The molecule has 2 aliphatic rings. The highest BCUT2D eigenvalue weighted by Crippen LogP contribution is 2.42. The van der Waals surface area contributed by atoms with Crippen molar-refractivity contribution in [3.63, 3.8) is 0 Å². The first kappa shape index (κ1) is 16.1. The summed E-state index contributed by atoms with van der Waals surface area (Å²) < 4.78 is 16.6. The third-order valence-corrected chi connectivity index (χ3v) is 4.39. The van der Waals surface area contributed by atoms with Crippen molar-refractivity contribution in [1.82, 2.24) is 10.3 Å². The summed E-state index contributed by atoms with van der Waals surface area (Å²) in [5.74, 6) is 1.17. The number of H-pyrrole nitrogens is 1. The zero-order valence-corrected chi connectivity index (χ0v) is 14.3. The quantitative estimate of drug-likeness (QED) is 0.573. The highest BCUT2D eigenvalue weighted by Gasteiger charge is 2.18. The van der Waals surface area contributed by atoms with E-state index in [0.29, 0.717) is 47.8 Å². The fourth-order valence-corrected chi connectivity index (χ4v) is 3.07. The highest BCUT2D eigenvalue weighted by molar-refractivity contribution is 7.80. The molecule has 0 spiro atoms. The Bertz CT molecular complexity index is 829. The molecule has 1 aromatic carbocycles. The maximum Gasteiger partial charge on any atom is 0.218 e. The van der Waals surface area contributed by atoms with Gasteiger partial charge in [-0.15, -0.1) is 10.2 Å². The molecular formula is C16H18N4O4S. The van der Waals surface area contributed by atoms with Crippen molar-refractivity contribution in [2.24, 2.45) is 10.2 Å².